The molecule has 1 aromatic carbocycles. The first-order valence-corrected chi connectivity index (χ1v) is 8.96. The van der Waals surface area contributed by atoms with Crippen LogP contribution in [0.2, 0.25) is 5.02 Å². The predicted octanol–water partition coefficient (Wildman–Crippen LogP) is 4.53. The van der Waals surface area contributed by atoms with Gasteiger partial charge in [0.15, 0.2) is 0 Å². The van der Waals surface area contributed by atoms with E-state index < -0.39 is 0 Å². The Labute approximate surface area is 146 Å². The first-order valence-electron chi connectivity index (χ1n) is 7.77. The van der Waals surface area contributed by atoms with Gasteiger partial charge in [0.2, 0.25) is 0 Å². The Morgan fingerprint density at radius 3 is 2.67 bits per heavy atom. The van der Waals surface area contributed by atoms with Crippen molar-refractivity contribution in [1.82, 2.24) is 14.5 Å². The van der Waals surface area contributed by atoms with E-state index in [2.05, 4.69) is 16.0 Å². The minimum atomic E-state index is -0.0629. The van der Waals surface area contributed by atoms with Crippen LogP contribution in [0.3, 0.4) is 0 Å². The topological polar surface area (TPSA) is 47.8 Å². The second-order valence-corrected chi connectivity index (χ2v) is 7.47. The summed E-state index contributed by atoms with van der Waals surface area (Å²) in [7, 11) is 0. The molecule has 1 saturated carbocycles. The van der Waals surface area contributed by atoms with Crippen LogP contribution in [0.4, 0.5) is 0 Å². The van der Waals surface area contributed by atoms with Crippen LogP contribution in [0, 0.1) is 0 Å². The van der Waals surface area contributed by atoms with E-state index in [9.17, 15) is 4.79 Å². The SMILES string of the molecule is O=c1c2sc3nccc(C4CC4)c3c2ncn1-c1ccc(Cl)cc1. The Morgan fingerprint density at radius 1 is 1.12 bits per heavy atom. The molecule has 0 aliphatic heterocycles. The molecule has 0 atom stereocenters. The zero-order chi connectivity index (χ0) is 16.3. The van der Waals surface area contributed by atoms with Gasteiger partial charge in [-0.15, -0.1) is 11.3 Å². The van der Waals surface area contributed by atoms with Crippen molar-refractivity contribution in [3.05, 3.63) is 63.8 Å². The highest BCUT2D eigenvalue weighted by atomic mass is 35.5. The largest absolute Gasteiger partial charge is 0.275 e. The molecular weight excluding hydrogens is 342 g/mol. The van der Waals surface area contributed by atoms with Crippen molar-refractivity contribution in [2.75, 3.05) is 0 Å². The molecule has 5 rings (SSSR count). The summed E-state index contributed by atoms with van der Waals surface area (Å²) in [4.78, 5) is 22.9. The maximum Gasteiger partial charge on any atom is 0.275 e. The number of halogens is 1. The average molecular weight is 354 g/mol. The zero-order valence-corrected chi connectivity index (χ0v) is 14.1. The van der Waals surface area contributed by atoms with E-state index in [4.69, 9.17) is 11.6 Å². The van der Waals surface area contributed by atoms with Gasteiger partial charge in [-0.1, -0.05) is 11.6 Å². The van der Waals surface area contributed by atoms with E-state index in [1.807, 2.05) is 18.3 Å². The number of aromatic nitrogens is 3. The average Bonchev–Trinajstić information content (AvgIpc) is 3.36. The summed E-state index contributed by atoms with van der Waals surface area (Å²) < 4.78 is 2.22. The standard InChI is InChI=1S/C18H12ClN3OS/c19-11-3-5-12(6-4-11)22-9-21-15-14-13(10-1-2-10)7-8-20-17(14)24-16(15)18(22)23/h3-10H,1-2H2. The van der Waals surface area contributed by atoms with Gasteiger partial charge in [-0.25, -0.2) is 9.97 Å². The highest BCUT2D eigenvalue weighted by Gasteiger charge is 2.27. The van der Waals surface area contributed by atoms with Crippen molar-refractivity contribution in [2.24, 2.45) is 0 Å². The van der Waals surface area contributed by atoms with Gasteiger partial charge in [-0.05, 0) is 54.7 Å². The maximum absolute atomic E-state index is 13.0. The normalized spacial score (nSPS) is 14.5. The summed E-state index contributed by atoms with van der Waals surface area (Å²) >= 11 is 7.36. The third-order valence-corrected chi connectivity index (χ3v) is 5.76. The van der Waals surface area contributed by atoms with Crippen LogP contribution in [-0.2, 0) is 0 Å². The fourth-order valence-electron chi connectivity index (χ4n) is 3.10. The van der Waals surface area contributed by atoms with Crippen LogP contribution in [0.5, 0.6) is 0 Å². The van der Waals surface area contributed by atoms with Gasteiger partial charge >= 0.3 is 0 Å². The lowest BCUT2D eigenvalue weighted by Gasteiger charge is -2.05. The van der Waals surface area contributed by atoms with Crippen LogP contribution in [0.1, 0.15) is 24.3 Å². The third kappa shape index (κ3) is 2.08. The summed E-state index contributed by atoms with van der Waals surface area (Å²) in [5, 5.41) is 1.70. The minimum absolute atomic E-state index is 0.0629. The van der Waals surface area contributed by atoms with Gasteiger partial charge in [0.25, 0.3) is 5.56 Å². The van der Waals surface area contributed by atoms with Gasteiger partial charge in [0.05, 0.1) is 11.2 Å². The molecule has 0 N–H and O–H groups in total. The van der Waals surface area contributed by atoms with Gasteiger partial charge in [0.1, 0.15) is 15.9 Å². The predicted molar refractivity (Wildman–Crippen MR) is 97.5 cm³/mol. The molecule has 4 aromatic rings. The molecule has 1 aliphatic rings. The number of benzene rings is 1. The molecule has 1 aliphatic carbocycles. The lowest BCUT2D eigenvalue weighted by atomic mass is 10.1. The summed E-state index contributed by atoms with van der Waals surface area (Å²) in [6.07, 6.45) is 5.85. The Morgan fingerprint density at radius 2 is 1.92 bits per heavy atom. The van der Waals surface area contributed by atoms with Crippen LogP contribution in [0.25, 0.3) is 26.1 Å². The molecule has 0 bridgehead atoms. The van der Waals surface area contributed by atoms with Crippen LogP contribution < -0.4 is 5.56 Å². The van der Waals surface area contributed by atoms with Gasteiger partial charge in [-0.2, -0.15) is 0 Å². The molecule has 0 amide bonds. The van der Waals surface area contributed by atoms with Gasteiger partial charge in [0, 0.05) is 16.6 Å². The summed E-state index contributed by atoms with van der Waals surface area (Å²) in [5.41, 5.74) is 2.75. The molecule has 6 heteroatoms. The number of hydrogen-bond donors (Lipinski definition) is 0. The maximum atomic E-state index is 13.0. The molecule has 1 fully saturated rings. The van der Waals surface area contributed by atoms with E-state index in [0.29, 0.717) is 15.6 Å². The van der Waals surface area contributed by atoms with Gasteiger partial charge < -0.3 is 0 Å². The first kappa shape index (κ1) is 14.1. The quantitative estimate of drug-likeness (QED) is 0.532. The summed E-state index contributed by atoms with van der Waals surface area (Å²) in [5.74, 6) is 0.591. The van der Waals surface area contributed by atoms with Gasteiger partial charge in [-0.3, -0.25) is 9.36 Å². The fraction of sp³-hybridized carbons (Fsp3) is 0.167. The molecule has 24 heavy (non-hydrogen) atoms. The molecule has 3 heterocycles. The number of pyridine rings is 1. The molecular formula is C18H12ClN3OS. The molecule has 118 valence electrons. The summed E-state index contributed by atoms with van der Waals surface area (Å²) in [6.45, 7) is 0. The van der Waals surface area contributed by atoms with Crippen molar-refractivity contribution in [1.29, 1.82) is 0 Å². The van der Waals surface area contributed by atoms with E-state index in [-0.39, 0.29) is 5.56 Å². The second kappa shape index (κ2) is 5.13. The van der Waals surface area contributed by atoms with Crippen LogP contribution in [-0.4, -0.2) is 14.5 Å². The van der Waals surface area contributed by atoms with Crippen molar-refractivity contribution < 1.29 is 0 Å². The Balaban J connectivity index is 1.81. The van der Waals surface area contributed by atoms with Crippen molar-refractivity contribution >= 4 is 43.4 Å². The smallest absolute Gasteiger partial charge is 0.267 e. The fourth-order valence-corrected chi connectivity index (χ4v) is 4.28. The number of hydrogen-bond acceptors (Lipinski definition) is 4. The monoisotopic (exact) mass is 353 g/mol. The number of nitrogens with zero attached hydrogens (tertiary/aromatic N) is 3. The van der Waals surface area contributed by atoms with E-state index in [1.165, 1.54) is 29.7 Å². The Hall–Kier alpha value is -2.24. The highest BCUT2D eigenvalue weighted by molar-refractivity contribution is 7.25. The summed E-state index contributed by atoms with van der Waals surface area (Å²) in [6, 6.07) is 9.24. The van der Waals surface area contributed by atoms with E-state index in [0.717, 1.165) is 21.4 Å². The van der Waals surface area contributed by atoms with Crippen molar-refractivity contribution in [2.45, 2.75) is 18.8 Å². The first-order chi connectivity index (χ1) is 11.7. The molecule has 3 aromatic heterocycles. The molecule has 0 spiro atoms. The molecule has 4 nitrogen and oxygen atoms in total. The third-order valence-electron chi connectivity index (χ3n) is 4.44. The lowest BCUT2D eigenvalue weighted by molar-refractivity contribution is 0.967. The number of rotatable bonds is 2. The lowest BCUT2D eigenvalue weighted by Crippen LogP contribution is -2.17. The minimum Gasteiger partial charge on any atom is -0.267 e. The number of thiophene rings is 1. The van der Waals surface area contributed by atoms with Crippen molar-refractivity contribution in [3.8, 4) is 5.69 Å². The van der Waals surface area contributed by atoms with Crippen LogP contribution >= 0.6 is 22.9 Å². The Bertz CT molecular complexity index is 1140. The highest BCUT2D eigenvalue weighted by Crippen LogP contribution is 2.45. The Kier molecular flexibility index (Phi) is 3.02. The van der Waals surface area contributed by atoms with E-state index in [1.54, 1.807) is 23.0 Å². The number of fused-ring (bicyclic) bond motifs is 3. The molecule has 0 unspecified atom stereocenters. The molecule has 0 saturated heterocycles. The molecule has 0 radical (unpaired) electrons. The van der Waals surface area contributed by atoms with E-state index >= 15 is 0 Å². The van der Waals surface area contributed by atoms with Crippen LogP contribution in [0.15, 0.2) is 47.7 Å². The zero-order valence-electron chi connectivity index (χ0n) is 12.6. The second-order valence-electron chi connectivity index (χ2n) is 6.03. The van der Waals surface area contributed by atoms with Crippen molar-refractivity contribution in [3.63, 3.8) is 0 Å².